The van der Waals surface area contributed by atoms with Crippen LogP contribution in [0.2, 0.25) is 0 Å². The predicted octanol–water partition coefficient (Wildman–Crippen LogP) is 0.349. The number of aliphatic hydroxyl groups excluding tert-OH is 1. The number of nitrogens with zero attached hydrogens (tertiary/aromatic N) is 2. The third-order valence-corrected chi connectivity index (χ3v) is 0.899. The quantitative estimate of drug-likeness (QED) is 0.363. The minimum absolute atomic E-state index is 0.161. The lowest BCUT2D eigenvalue weighted by atomic mass is 10.6. The highest BCUT2D eigenvalue weighted by atomic mass is 16.5. The zero-order valence-electron chi connectivity index (χ0n) is 6.65. The van der Waals surface area contributed by atoms with Crippen molar-refractivity contribution in [3.05, 3.63) is 17.1 Å². The Morgan fingerprint density at radius 3 is 3.00 bits per heavy atom. The molecule has 0 spiro atoms. The molecule has 0 bridgehead atoms. The van der Waals surface area contributed by atoms with Gasteiger partial charge in [-0.05, 0) is 6.92 Å². The van der Waals surface area contributed by atoms with Crippen LogP contribution >= 0.6 is 0 Å². The van der Waals surface area contributed by atoms with E-state index in [0.29, 0.717) is 0 Å². The van der Waals surface area contributed by atoms with Crippen LogP contribution in [-0.2, 0) is 9.53 Å². The summed E-state index contributed by atoms with van der Waals surface area (Å²) in [5.74, 6) is -0.888. The van der Waals surface area contributed by atoms with E-state index in [2.05, 4.69) is 15.0 Å². The fourth-order valence-corrected chi connectivity index (χ4v) is 0.475. The van der Waals surface area contributed by atoms with Crippen LogP contribution in [0.25, 0.3) is 4.98 Å². The second kappa shape index (κ2) is 5.97. The van der Waals surface area contributed by atoms with Crippen LogP contribution in [0.5, 0.6) is 0 Å². The molecule has 0 aliphatic carbocycles. The maximum Gasteiger partial charge on any atom is 0.409 e. The molecule has 0 fully saturated rings. The second-order valence-electron chi connectivity index (χ2n) is 1.79. The second-order valence-corrected chi connectivity index (χ2v) is 1.79. The van der Waals surface area contributed by atoms with E-state index in [9.17, 15) is 4.79 Å². The smallest absolute Gasteiger partial charge is 0.409 e. The van der Waals surface area contributed by atoms with E-state index < -0.39 is 11.9 Å². The number of carbonyl (C=O) groups excluding carboxylic acids is 1. The van der Waals surface area contributed by atoms with Gasteiger partial charge in [0.2, 0.25) is 5.39 Å². The number of hydrogen-bond acceptors (Lipinski definition) is 5. The van der Waals surface area contributed by atoms with Gasteiger partial charge in [-0.25, -0.2) is 0 Å². The molecular formula is C6H10N3O3+. The maximum absolute atomic E-state index is 10.6. The van der Waals surface area contributed by atoms with Gasteiger partial charge < -0.3 is 15.2 Å². The number of diazo groups is 1. The summed E-state index contributed by atoms with van der Waals surface area (Å²) in [6.45, 7) is 1.80. The van der Waals surface area contributed by atoms with Gasteiger partial charge in [0, 0.05) is 0 Å². The molecule has 0 aromatic heterocycles. The third kappa shape index (κ3) is 5.05. The molecule has 0 aliphatic heterocycles. The largest absolute Gasteiger partial charge is 0.490 e. The van der Waals surface area contributed by atoms with Crippen molar-refractivity contribution in [2.75, 3.05) is 13.2 Å². The Bertz CT molecular complexity index is 219. The van der Waals surface area contributed by atoms with Crippen molar-refractivity contribution >= 4 is 5.97 Å². The molecule has 6 nitrogen and oxygen atoms in total. The Morgan fingerprint density at radius 1 is 1.83 bits per heavy atom. The van der Waals surface area contributed by atoms with Crippen molar-refractivity contribution in [1.29, 1.82) is 5.39 Å². The molecule has 6 heteroatoms. The molecule has 0 heterocycles. The Labute approximate surface area is 69.5 Å². The molecule has 0 radical (unpaired) electrons. The third-order valence-electron chi connectivity index (χ3n) is 0.899. The number of nitrogens with one attached hydrogen (secondary N) is 1. The summed E-state index contributed by atoms with van der Waals surface area (Å²) in [5, 5.41) is 18.9. The lowest BCUT2D eigenvalue weighted by Gasteiger charge is -2.01. The molecule has 0 aromatic carbocycles. The zero-order valence-corrected chi connectivity index (χ0v) is 6.65. The first kappa shape index (κ1) is 10.2. The van der Waals surface area contributed by atoms with Crippen molar-refractivity contribution < 1.29 is 14.6 Å². The Hall–Kier alpha value is -1.77. The van der Waals surface area contributed by atoms with Crippen LogP contribution in [0, 0.1) is 5.39 Å². The number of hydrogen-bond donors (Lipinski definition) is 2. The maximum atomic E-state index is 10.6. The molecule has 0 saturated heterocycles. The van der Waals surface area contributed by atoms with E-state index in [0.717, 1.165) is 6.20 Å². The van der Waals surface area contributed by atoms with Crippen LogP contribution < -0.4 is 5.32 Å². The van der Waals surface area contributed by atoms with E-state index in [1.165, 1.54) is 0 Å². The van der Waals surface area contributed by atoms with Crippen molar-refractivity contribution in [3.8, 4) is 0 Å². The minimum atomic E-state index is -0.490. The van der Waals surface area contributed by atoms with Crippen LogP contribution in [-0.4, -0.2) is 24.2 Å². The van der Waals surface area contributed by atoms with Gasteiger partial charge in [-0.3, -0.25) is 4.79 Å². The Balaban J connectivity index is 3.63. The fourth-order valence-electron chi connectivity index (χ4n) is 0.475. The topological polar surface area (TPSA) is 86.7 Å². The molecule has 0 saturated carbocycles. The average molecular weight is 172 g/mol. The number of ether oxygens (including phenoxy) is 1. The van der Waals surface area contributed by atoms with Crippen molar-refractivity contribution in [2.24, 2.45) is 0 Å². The first-order valence-corrected chi connectivity index (χ1v) is 3.33. The first-order valence-electron chi connectivity index (χ1n) is 3.33. The summed E-state index contributed by atoms with van der Waals surface area (Å²) < 4.78 is 4.54. The van der Waals surface area contributed by atoms with Gasteiger partial charge in [0.1, 0.15) is 6.54 Å². The summed E-state index contributed by atoms with van der Waals surface area (Å²) in [7, 11) is 0. The Morgan fingerprint density at radius 2 is 2.50 bits per heavy atom. The molecule has 66 valence electrons. The van der Waals surface area contributed by atoms with Crippen molar-refractivity contribution in [3.63, 3.8) is 0 Å². The minimum Gasteiger partial charge on any atom is -0.490 e. The average Bonchev–Trinajstić information content (AvgIpc) is 2.02. The SMILES string of the molecule is CCOC(=O)CN/C(O)=C\[N+]#N. The molecule has 2 N–H and O–H groups in total. The summed E-state index contributed by atoms with van der Waals surface area (Å²) in [6, 6.07) is 0. The highest BCUT2D eigenvalue weighted by Crippen LogP contribution is 1.83. The van der Waals surface area contributed by atoms with Gasteiger partial charge >= 0.3 is 12.2 Å². The van der Waals surface area contributed by atoms with Gasteiger partial charge in [0.25, 0.3) is 5.88 Å². The zero-order chi connectivity index (χ0) is 9.40. The molecule has 0 atom stereocenters. The Kier molecular flexibility index (Phi) is 5.09. The molecule has 0 rings (SSSR count). The van der Waals surface area contributed by atoms with Crippen molar-refractivity contribution in [2.45, 2.75) is 6.92 Å². The summed E-state index contributed by atoms with van der Waals surface area (Å²) in [4.78, 5) is 13.2. The van der Waals surface area contributed by atoms with Crippen LogP contribution in [0.1, 0.15) is 6.92 Å². The number of esters is 1. The van der Waals surface area contributed by atoms with Crippen LogP contribution in [0.3, 0.4) is 0 Å². The molecule has 0 amide bonds. The van der Waals surface area contributed by atoms with E-state index in [1.807, 2.05) is 0 Å². The fraction of sp³-hybridized carbons (Fsp3) is 0.500. The molecule has 12 heavy (non-hydrogen) atoms. The molecule has 0 aliphatic rings. The van der Waals surface area contributed by atoms with Crippen molar-refractivity contribution in [1.82, 2.24) is 5.32 Å². The molecule has 0 unspecified atom stereocenters. The van der Waals surface area contributed by atoms with Crippen LogP contribution in [0.4, 0.5) is 0 Å². The van der Waals surface area contributed by atoms with Gasteiger partial charge in [-0.1, -0.05) is 0 Å². The van der Waals surface area contributed by atoms with Gasteiger partial charge in [-0.2, -0.15) is 0 Å². The number of aliphatic hydroxyl groups is 1. The summed E-state index contributed by atoms with van der Waals surface area (Å²) in [6.07, 6.45) is 0.763. The van der Waals surface area contributed by atoms with E-state index in [-0.39, 0.29) is 13.2 Å². The number of carbonyl (C=O) groups is 1. The first-order chi connectivity index (χ1) is 5.70. The lowest BCUT2D eigenvalue weighted by molar-refractivity contribution is -0.142. The standard InChI is InChI=1S/C6H9N3O3/c1-2-12-6(11)4-8-5(10)3-9-7/h3,8H,2,4H2,1H3/p+1/b5-3+. The summed E-state index contributed by atoms with van der Waals surface area (Å²) >= 11 is 0. The number of rotatable bonds is 4. The van der Waals surface area contributed by atoms with Gasteiger partial charge in [0.05, 0.1) is 6.61 Å². The molecular weight excluding hydrogens is 162 g/mol. The monoisotopic (exact) mass is 172 g/mol. The van der Waals surface area contributed by atoms with E-state index in [4.69, 9.17) is 10.5 Å². The predicted molar refractivity (Wildman–Crippen MR) is 40.4 cm³/mol. The summed E-state index contributed by atoms with van der Waals surface area (Å²) in [5.41, 5.74) is 0. The van der Waals surface area contributed by atoms with Crippen LogP contribution in [0.15, 0.2) is 12.1 Å². The van der Waals surface area contributed by atoms with Gasteiger partial charge in [0.15, 0.2) is 4.98 Å². The van der Waals surface area contributed by atoms with E-state index in [1.54, 1.807) is 6.92 Å². The highest BCUT2D eigenvalue weighted by molar-refractivity contribution is 5.71. The lowest BCUT2D eigenvalue weighted by Crippen LogP contribution is -2.23. The normalized spacial score (nSPS) is 10.2. The highest BCUT2D eigenvalue weighted by Gasteiger charge is 2.03. The van der Waals surface area contributed by atoms with Gasteiger partial charge in [-0.15, -0.1) is 0 Å². The van der Waals surface area contributed by atoms with E-state index >= 15 is 0 Å². The molecule has 0 aromatic rings.